The van der Waals surface area contributed by atoms with E-state index in [1.54, 1.807) is 6.92 Å². The average molecular weight is 140 g/mol. The predicted octanol–water partition coefficient (Wildman–Crippen LogP) is 0.200. The Balaban J connectivity index is 3.33. The summed E-state index contributed by atoms with van der Waals surface area (Å²) >= 11 is 0. The molecule has 5 heteroatoms. The molecule has 0 atom stereocenters. The van der Waals surface area contributed by atoms with E-state index in [-0.39, 0.29) is 5.69 Å². The first kappa shape index (κ1) is 6.73. The fraction of sp³-hybridized carbons (Fsp3) is 0.400. The van der Waals surface area contributed by atoms with E-state index in [0.29, 0.717) is 5.69 Å². The molecule has 0 saturated heterocycles. The van der Waals surface area contributed by atoms with Crippen LogP contribution in [0.1, 0.15) is 5.69 Å². The summed E-state index contributed by atoms with van der Waals surface area (Å²) in [6.07, 6.45) is 0. The zero-order chi connectivity index (χ0) is 7.72. The van der Waals surface area contributed by atoms with Crippen molar-refractivity contribution >= 4 is 5.69 Å². The van der Waals surface area contributed by atoms with E-state index in [1.807, 2.05) is 0 Å². The van der Waals surface area contributed by atoms with Gasteiger partial charge in [0.15, 0.2) is 0 Å². The molecule has 0 amide bonds. The first-order chi connectivity index (χ1) is 4.66. The van der Waals surface area contributed by atoms with E-state index in [4.69, 9.17) is 0 Å². The molecule has 10 heavy (non-hydrogen) atoms. The lowest BCUT2D eigenvalue weighted by atomic mass is 10.4. The molecule has 0 aliphatic rings. The molecule has 0 N–H and O–H groups in total. The molecule has 0 spiro atoms. The lowest BCUT2D eigenvalue weighted by Crippen LogP contribution is -1.99. The van der Waals surface area contributed by atoms with Crippen molar-refractivity contribution in [3.05, 3.63) is 10.6 Å². The van der Waals surface area contributed by atoms with Crippen LogP contribution in [0.2, 0.25) is 0 Å². The Morgan fingerprint density at radius 1 is 1.70 bits per heavy atom. The van der Waals surface area contributed by atoms with E-state index in [2.05, 4.69) is 10.3 Å². The zero-order valence-electron chi connectivity index (χ0n) is 5.66. The zero-order valence-corrected chi connectivity index (χ0v) is 5.66. The van der Waals surface area contributed by atoms with Gasteiger partial charge in [-0.1, -0.05) is 0 Å². The van der Waals surface area contributed by atoms with E-state index >= 15 is 0 Å². The van der Waals surface area contributed by atoms with Gasteiger partial charge in [-0.2, -0.15) is 5.10 Å². The summed E-state index contributed by atoms with van der Waals surface area (Å²) in [5.41, 5.74) is 0.282. The Bertz CT molecular complexity index is 266. The average Bonchev–Trinajstić information content (AvgIpc) is 2.09. The van der Waals surface area contributed by atoms with Crippen LogP contribution in [-0.4, -0.2) is 9.78 Å². The minimum absolute atomic E-state index is 0.0949. The Morgan fingerprint density at radius 3 is 2.50 bits per heavy atom. The summed E-state index contributed by atoms with van der Waals surface area (Å²) in [4.78, 5) is 9.96. The smallest absolute Gasteiger partial charge is 0.141 e. The van der Waals surface area contributed by atoms with Gasteiger partial charge < -0.3 is 5.11 Å². The van der Waals surface area contributed by atoms with Gasteiger partial charge in [0, 0.05) is 12.9 Å². The summed E-state index contributed by atoms with van der Waals surface area (Å²) in [6, 6.07) is 0. The third-order valence-corrected chi connectivity index (χ3v) is 1.23. The number of nitroso groups, excluding NO2 is 1. The summed E-state index contributed by atoms with van der Waals surface area (Å²) in [5, 5.41) is 17.1. The van der Waals surface area contributed by atoms with Crippen molar-refractivity contribution in [2.75, 3.05) is 0 Å². The highest BCUT2D eigenvalue weighted by atomic mass is 16.3. The SMILES string of the molecule is Cc1nn(C)c([O-])c1N=O. The highest BCUT2D eigenvalue weighted by molar-refractivity contribution is 5.49. The van der Waals surface area contributed by atoms with Crippen molar-refractivity contribution in [2.24, 2.45) is 12.2 Å². The normalized spacial score (nSPS) is 9.80. The molecule has 54 valence electrons. The quantitative estimate of drug-likeness (QED) is 0.523. The van der Waals surface area contributed by atoms with Crippen molar-refractivity contribution in [1.82, 2.24) is 9.78 Å². The first-order valence-electron chi connectivity index (χ1n) is 2.70. The standard InChI is InChI=1S/C5H7N3O2/c1-3-4(7-10)5(9)8(2)6-3/h9H,1-2H3/p-1. The van der Waals surface area contributed by atoms with Crippen molar-refractivity contribution in [1.29, 1.82) is 0 Å². The number of hydrogen-bond acceptors (Lipinski definition) is 4. The van der Waals surface area contributed by atoms with Gasteiger partial charge >= 0.3 is 0 Å². The van der Waals surface area contributed by atoms with Crippen molar-refractivity contribution < 1.29 is 5.11 Å². The maximum Gasteiger partial charge on any atom is 0.141 e. The molecule has 0 saturated carbocycles. The van der Waals surface area contributed by atoms with Crippen LogP contribution in [0.4, 0.5) is 5.69 Å². The van der Waals surface area contributed by atoms with E-state index in [9.17, 15) is 10.0 Å². The van der Waals surface area contributed by atoms with Crippen molar-refractivity contribution in [3.63, 3.8) is 0 Å². The molecular formula is C5H6N3O2-. The number of rotatable bonds is 1. The number of aromatic nitrogens is 2. The summed E-state index contributed by atoms with van der Waals surface area (Å²) in [7, 11) is 1.48. The van der Waals surface area contributed by atoms with Crippen LogP contribution in [-0.2, 0) is 7.05 Å². The molecule has 1 heterocycles. The molecule has 0 bridgehead atoms. The molecule has 1 aromatic heterocycles. The fourth-order valence-corrected chi connectivity index (χ4v) is 0.731. The minimum Gasteiger partial charge on any atom is -0.857 e. The van der Waals surface area contributed by atoms with Gasteiger partial charge in [0.1, 0.15) is 5.69 Å². The van der Waals surface area contributed by atoms with Crippen LogP contribution in [0.5, 0.6) is 5.88 Å². The van der Waals surface area contributed by atoms with E-state index in [1.165, 1.54) is 7.05 Å². The van der Waals surface area contributed by atoms with Crippen LogP contribution in [0, 0.1) is 11.8 Å². The van der Waals surface area contributed by atoms with Crippen LogP contribution in [0.15, 0.2) is 5.18 Å². The second kappa shape index (κ2) is 2.09. The molecule has 0 unspecified atom stereocenters. The monoisotopic (exact) mass is 140 g/mol. The molecule has 5 nitrogen and oxygen atoms in total. The molecule has 0 radical (unpaired) electrons. The molecule has 1 aromatic rings. The predicted molar refractivity (Wildman–Crippen MR) is 32.8 cm³/mol. The van der Waals surface area contributed by atoms with Crippen molar-refractivity contribution in [3.8, 4) is 5.88 Å². The highest BCUT2D eigenvalue weighted by Crippen LogP contribution is 2.25. The topological polar surface area (TPSA) is 70.3 Å². The van der Waals surface area contributed by atoms with Crippen molar-refractivity contribution in [2.45, 2.75) is 6.92 Å². The van der Waals surface area contributed by atoms with Gasteiger partial charge in [-0.05, 0) is 12.1 Å². The van der Waals surface area contributed by atoms with Gasteiger partial charge in [0.2, 0.25) is 0 Å². The second-order valence-electron chi connectivity index (χ2n) is 1.95. The molecule has 0 aliphatic carbocycles. The lowest BCUT2D eigenvalue weighted by molar-refractivity contribution is -0.278. The van der Waals surface area contributed by atoms with Crippen LogP contribution < -0.4 is 5.11 Å². The Labute approximate surface area is 57.3 Å². The summed E-state index contributed by atoms with van der Waals surface area (Å²) in [6.45, 7) is 1.57. The third-order valence-electron chi connectivity index (χ3n) is 1.23. The maximum absolute atomic E-state index is 10.8. The fourth-order valence-electron chi connectivity index (χ4n) is 0.731. The Kier molecular flexibility index (Phi) is 1.41. The van der Waals surface area contributed by atoms with Crippen LogP contribution >= 0.6 is 0 Å². The second-order valence-corrected chi connectivity index (χ2v) is 1.95. The number of hydrogen-bond donors (Lipinski definition) is 0. The highest BCUT2D eigenvalue weighted by Gasteiger charge is 2.04. The minimum atomic E-state index is -0.437. The molecule has 0 aromatic carbocycles. The largest absolute Gasteiger partial charge is 0.857 e. The Morgan fingerprint density at radius 2 is 2.30 bits per heavy atom. The summed E-state index contributed by atoms with van der Waals surface area (Å²) < 4.78 is 1.09. The first-order valence-corrected chi connectivity index (χ1v) is 2.70. The van der Waals surface area contributed by atoms with Gasteiger partial charge in [-0.3, -0.25) is 4.68 Å². The van der Waals surface area contributed by atoms with Gasteiger partial charge in [-0.15, -0.1) is 4.91 Å². The molecule has 0 fully saturated rings. The van der Waals surface area contributed by atoms with Gasteiger partial charge in [0.05, 0.1) is 5.69 Å². The van der Waals surface area contributed by atoms with Gasteiger partial charge in [0.25, 0.3) is 0 Å². The number of aryl methyl sites for hydroxylation is 2. The van der Waals surface area contributed by atoms with Crippen LogP contribution in [0.3, 0.4) is 0 Å². The van der Waals surface area contributed by atoms with E-state index in [0.717, 1.165) is 4.68 Å². The van der Waals surface area contributed by atoms with E-state index < -0.39 is 5.88 Å². The molecule has 0 aliphatic heterocycles. The van der Waals surface area contributed by atoms with Crippen LogP contribution in [0.25, 0.3) is 0 Å². The number of nitrogens with zero attached hydrogens (tertiary/aromatic N) is 3. The summed E-state index contributed by atoms with van der Waals surface area (Å²) in [5.74, 6) is -0.437. The molecular weight excluding hydrogens is 134 g/mol. The molecule has 1 rings (SSSR count). The third kappa shape index (κ3) is 0.754. The Hall–Kier alpha value is -1.39. The lowest BCUT2D eigenvalue weighted by Gasteiger charge is -2.02. The van der Waals surface area contributed by atoms with Gasteiger partial charge in [-0.25, -0.2) is 0 Å². The maximum atomic E-state index is 10.8.